The van der Waals surface area contributed by atoms with Crippen LogP contribution in [0.25, 0.3) is 0 Å². The molecule has 0 unspecified atom stereocenters. The maximum atomic E-state index is 13.4. The number of rotatable bonds is 3. The molecule has 0 spiro atoms. The fraction of sp³-hybridized carbons (Fsp3) is 0.0769. The number of benzene rings is 2. The highest BCUT2D eigenvalue weighted by Gasteiger charge is 2.05. The molecule has 0 amide bonds. The lowest BCUT2D eigenvalue weighted by Crippen LogP contribution is -1.85. The van der Waals surface area contributed by atoms with Gasteiger partial charge in [-0.2, -0.15) is 0 Å². The summed E-state index contributed by atoms with van der Waals surface area (Å²) in [5, 5.41) is 0.697. The highest BCUT2D eigenvalue weighted by atomic mass is 79.9. The van der Waals surface area contributed by atoms with E-state index in [1.807, 2.05) is 24.3 Å². The molecular formula is C13H9BrClFS. The van der Waals surface area contributed by atoms with Crippen molar-refractivity contribution < 1.29 is 4.39 Å². The minimum Gasteiger partial charge on any atom is -0.206 e. The van der Waals surface area contributed by atoms with Gasteiger partial charge in [0.15, 0.2) is 0 Å². The highest BCUT2D eigenvalue weighted by molar-refractivity contribution is 9.10. The molecule has 88 valence electrons. The van der Waals surface area contributed by atoms with Gasteiger partial charge >= 0.3 is 0 Å². The van der Waals surface area contributed by atoms with Crippen LogP contribution < -0.4 is 0 Å². The Bertz CT molecular complexity index is 531. The molecule has 2 rings (SSSR count). The van der Waals surface area contributed by atoms with Gasteiger partial charge in [-0.3, -0.25) is 0 Å². The van der Waals surface area contributed by atoms with Crippen LogP contribution in [0.3, 0.4) is 0 Å². The smallest absolute Gasteiger partial charge is 0.136 e. The molecule has 0 saturated carbocycles. The van der Waals surface area contributed by atoms with Crippen LogP contribution >= 0.6 is 39.3 Å². The number of hydrogen-bond acceptors (Lipinski definition) is 1. The maximum absolute atomic E-state index is 13.4. The lowest BCUT2D eigenvalue weighted by Gasteiger charge is -2.05. The largest absolute Gasteiger partial charge is 0.206 e. The van der Waals surface area contributed by atoms with Crippen LogP contribution in [0.4, 0.5) is 4.39 Å². The summed E-state index contributed by atoms with van der Waals surface area (Å²) >= 11 is 10.9. The number of halogens is 3. The van der Waals surface area contributed by atoms with E-state index >= 15 is 0 Å². The Labute approximate surface area is 117 Å². The summed E-state index contributed by atoms with van der Waals surface area (Å²) in [5.41, 5.74) is 1.00. The zero-order valence-corrected chi connectivity index (χ0v) is 11.9. The summed E-state index contributed by atoms with van der Waals surface area (Å²) < 4.78 is 14.3. The third kappa shape index (κ3) is 3.47. The van der Waals surface area contributed by atoms with Crippen molar-refractivity contribution in [1.29, 1.82) is 0 Å². The molecule has 0 aliphatic rings. The highest BCUT2D eigenvalue weighted by Crippen LogP contribution is 2.29. The van der Waals surface area contributed by atoms with Gasteiger partial charge in [0.25, 0.3) is 0 Å². The van der Waals surface area contributed by atoms with Gasteiger partial charge in [0.05, 0.1) is 0 Å². The molecule has 0 radical (unpaired) electrons. The van der Waals surface area contributed by atoms with Crippen LogP contribution in [0, 0.1) is 5.82 Å². The number of hydrogen-bond donors (Lipinski definition) is 0. The quantitative estimate of drug-likeness (QED) is 0.666. The lowest BCUT2D eigenvalue weighted by molar-refractivity contribution is 0.602. The van der Waals surface area contributed by atoms with Crippen molar-refractivity contribution in [2.75, 3.05) is 0 Å². The number of thioether (sulfide) groups is 1. The van der Waals surface area contributed by atoms with Crippen LogP contribution in [0.1, 0.15) is 5.56 Å². The molecule has 0 nitrogen and oxygen atoms in total. The fourth-order valence-corrected chi connectivity index (χ4v) is 3.12. The van der Waals surface area contributed by atoms with E-state index in [0.29, 0.717) is 15.7 Å². The van der Waals surface area contributed by atoms with E-state index in [9.17, 15) is 4.39 Å². The van der Waals surface area contributed by atoms with Crippen molar-refractivity contribution >= 4 is 39.3 Å². The normalized spacial score (nSPS) is 10.5. The SMILES string of the molecule is Fc1ccccc1SCc1ccc(Br)cc1Cl. The van der Waals surface area contributed by atoms with Gasteiger partial charge in [-0.15, -0.1) is 11.8 Å². The van der Waals surface area contributed by atoms with Crippen molar-refractivity contribution in [3.05, 3.63) is 63.3 Å². The minimum absolute atomic E-state index is 0.189. The van der Waals surface area contributed by atoms with Crippen LogP contribution in [0.2, 0.25) is 5.02 Å². The summed E-state index contributed by atoms with van der Waals surface area (Å²) in [6, 6.07) is 12.5. The van der Waals surface area contributed by atoms with Crippen LogP contribution in [0.15, 0.2) is 51.8 Å². The molecule has 0 fully saturated rings. The molecule has 0 aliphatic carbocycles. The summed E-state index contributed by atoms with van der Waals surface area (Å²) in [6.45, 7) is 0. The minimum atomic E-state index is -0.189. The van der Waals surface area contributed by atoms with Crippen molar-refractivity contribution in [1.82, 2.24) is 0 Å². The fourth-order valence-electron chi connectivity index (χ4n) is 1.36. The van der Waals surface area contributed by atoms with Crippen molar-refractivity contribution in [2.24, 2.45) is 0 Å². The molecule has 2 aromatic rings. The Kier molecular flexibility index (Phi) is 4.48. The molecule has 0 heterocycles. The molecular weight excluding hydrogens is 323 g/mol. The second-order valence-corrected chi connectivity index (χ2v) is 5.79. The molecule has 4 heteroatoms. The van der Waals surface area contributed by atoms with E-state index in [0.717, 1.165) is 10.0 Å². The Hall–Kier alpha value is -0.510. The first-order valence-electron chi connectivity index (χ1n) is 4.98. The summed E-state index contributed by atoms with van der Waals surface area (Å²) in [6.07, 6.45) is 0. The summed E-state index contributed by atoms with van der Waals surface area (Å²) in [7, 11) is 0. The molecule has 0 N–H and O–H groups in total. The van der Waals surface area contributed by atoms with Gasteiger partial charge in [-0.25, -0.2) is 4.39 Å². The second kappa shape index (κ2) is 5.89. The van der Waals surface area contributed by atoms with E-state index in [1.54, 1.807) is 12.1 Å². The van der Waals surface area contributed by atoms with Crippen LogP contribution in [-0.4, -0.2) is 0 Å². The van der Waals surface area contributed by atoms with E-state index in [2.05, 4.69) is 15.9 Å². The maximum Gasteiger partial charge on any atom is 0.136 e. The average Bonchev–Trinajstić information content (AvgIpc) is 2.30. The van der Waals surface area contributed by atoms with Gasteiger partial charge in [0.1, 0.15) is 5.82 Å². The third-order valence-electron chi connectivity index (χ3n) is 2.23. The van der Waals surface area contributed by atoms with E-state index in [-0.39, 0.29) is 5.82 Å². The Morgan fingerprint density at radius 1 is 1.18 bits per heavy atom. The van der Waals surface area contributed by atoms with Gasteiger partial charge in [-0.1, -0.05) is 45.7 Å². The Morgan fingerprint density at radius 3 is 2.65 bits per heavy atom. The predicted molar refractivity (Wildman–Crippen MR) is 75.1 cm³/mol. The van der Waals surface area contributed by atoms with E-state index in [1.165, 1.54) is 17.8 Å². The molecule has 0 atom stereocenters. The molecule has 0 aliphatic heterocycles. The second-order valence-electron chi connectivity index (χ2n) is 3.45. The third-order valence-corrected chi connectivity index (χ3v) is 4.18. The molecule has 0 bridgehead atoms. The van der Waals surface area contributed by atoms with Crippen molar-refractivity contribution in [2.45, 2.75) is 10.6 Å². The standard InChI is InChI=1S/C13H9BrClFS/c14-10-6-5-9(11(15)7-10)8-17-13-4-2-1-3-12(13)16/h1-7H,8H2. The van der Waals surface area contributed by atoms with Crippen molar-refractivity contribution in [3.63, 3.8) is 0 Å². The topological polar surface area (TPSA) is 0 Å². The summed E-state index contributed by atoms with van der Waals surface area (Å²) in [5.74, 6) is 0.471. The first-order chi connectivity index (χ1) is 8.16. The van der Waals surface area contributed by atoms with E-state index < -0.39 is 0 Å². The van der Waals surface area contributed by atoms with Crippen LogP contribution in [-0.2, 0) is 5.75 Å². The Balaban J connectivity index is 2.10. The molecule has 17 heavy (non-hydrogen) atoms. The van der Waals surface area contributed by atoms with E-state index in [4.69, 9.17) is 11.6 Å². The molecule has 0 aromatic heterocycles. The van der Waals surface area contributed by atoms with Gasteiger partial charge in [0, 0.05) is 20.1 Å². The van der Waals surface area contributed by atoms with Gasteiger partial charge in [-0.05, 0) is 29.8 Å². The predicted octanol–water partition coefficient (Wildman–Crippen LogP) is 5.53. The first kappa shape index (κ1) is 12.9. The zero-order valence-electron chi connectivity index (χ0n) is 8.79. The lowest BCUT2D eigenvalue weighted by atomic mass is 10.2. The van der Waals surface area contributed by atoms with Gasteiger partial charge < -0.3 is 0 Å². The molecule has 2 aromatic carbocycles. The van der Waals surface area contributed by atoms with Crippen molar-refractivity contribution in [3.8, 4) is 0 Å². The Morgan fingerprint density at radius 2 is 1.94 bits per heavy atom. The first-order valence-corrected chi connectivity index (χ1v) is 7.14. The molecule has 0 saturated heterocycles. The monoisotopic (exact) mass is 330 g/mol. The van der Waals surface area contributed by atoms with Crippen LogP contribution in [0.5, 0.6) is 0 Å². The average molecular weight is 332 g/mol. The summed E-state index contributed by atoms with van der Waals surface area (Å²) in [4.78, 5) is 0.645. The zero-order chi connectivity index (χ0) is 12.3. The van der Waals surface area contributed by atoms with Gasteiger partial charge in [0.2, 0.25) is 0 Å².